The number of halogens is 2. The zero-order chi connectivity index (χ0) is 16.8. The maximum absolute atomic E-state index is 12.3. The molecule has 1 aliphatic heterocycles. The van der Waals surface area contributed by atoms with E-state index in [0.717, 1.165) is 22.7 Å². The van der Waals surface area contributed by atoms with Crippen LogP contribution < -0.4 is 10.1 Å². The first-order valence-electron chi connectivity index (χ1n) is 7.29. The van der Waals surface area contributed by atoms with Gasteiger partial charge in [-0.1, -0.05) is 24.8 Å². The van der Waals surface area contributed by atoms with Gasteiger partial charge < -0.3 is 15.0 Å². The number of rotatable bonds is 6. The molecule has 0 saturated carbocycles. The van der Waals surface area contributed by atoms with E-state index in [1.165, 1.54) is 6.07 Å². The van der Waals surface area contributed by atoms with Gasteiger partial charge in [-0.2, -0.15) is 8.78 Å². The molecule has 0 amide bonds. The summed E-state index contributed by atoms with van der Waals surface area (Å²) < 4.78 is 28.9. The quantitative estimate of drug-likeness (QED) is 0.834. The number of nitrogens with one attached hydrogen (secondary N) is 1. The molecule has 0 atom stereocenters. The third-order valence-electron chi connectivity index (χ3n) is 3.41. The molecule has 23 heavy (non-hydrogen) atoms. The average Bonchev–Trinajstić information content (AvgIpc) is 2.50. The van der Waals surface area contributed by atoms with Gasteiger partial charge in [0.05, 0.1) is 5.70 Å². The summed E-state index contributed by atoms with van der Waals surface area (Å²) in [6, 6.07) is 6.67. The molecule has 1 N–H and O–H groups in total. The van der Waals surface area contributed by atoms with Crippen molar-refractivity contribution >= 4 is 0 Å². The summed E-state index contributed by atoms with van der Waals surface area (Å²) in [5.41, 5.74) is 3.73. The fraction of sp³-hybridized carbons (Fsp3) is 0.222. The van der Waals surface area contributed by atoms with E-state index in [1.807, 2.05) is 49.2 Å². The lowest BCUT2D eigenvalue weighted by molar-refractivity contribution is -0.0498. The van der Waals surface area contributed by atoms with Crippen molar-refractivity contribution in [3.05, 3.63) is 77.9 Å². The number of benzene rings is 1. The molecular formula is C18H20F2N2O. The van der Waals surface area contributed by atoms with E-state index in [9.17, 15) is 8.78 Å². The highest BCUT2D eigenvalue weighted by molar-refractivity contribution is 5.38. The largest absolute Gasteiger partial charge is 0.435 e. The second kappa shape index (κ2) is 7.63. The highest BCUT2D eigenvalue weighted by atomic mass is 19.3. The van der Waals surface area contributed by atoms with E-state index < -0.39 is 6.61 Å². The molecule has 0 bridgehead atoms. The topological polar surface area (TPSA) is 24.5 Å². The fourth-order valence-electron chi connectivity index (χ4n) is 2.30. The monoisotopic (exact) mass is 318 g/mol. The van der Waals surface area contributed by atoms with Crippen molar-refractivity contribution in [3.8, 4) is 5.75 Å². The van der Waals surface area contributed by atoms with Gasteiger partial charge in [-0.3, -0.25) is 0 Å². The fourth-order valence-corrected chi connectivity index (χ4v) is 2.30. The van der Waals surface area contributed by atoms with Crippen LogP contribution in [0, 0.1) is 0 Å². The van der Waals surface area contributed by atoms with Crippen LogP contribution in [0.5, 0.6) is 5.75 Å². The van der Waals surface area contributed by atoms with Crippen molar-refractivity contribution in [1.29, 1.82) is 0 Å². The Morgan fingerprint density at radius 3 is 2.83 bits per heavy atom. The van der Waals surface area contributed by atoms with Crippen molar-refractivity contribution < 1.29 is 13.5 Å². The molecule has 1 aliphatic rings. The molecule has 122 valence electrons. The maximum Gasteiger partial charge on any atom is 0.387 e. The Morgan fingerprint density at radius 2 is 2.13 bits per heavy atom. The van der Waals surface area contributed by atoms with Crippen LogP contribution in [0.25, 0.3) is 0 Å². The highest BCUT2D eigenvalue weighted by Gasteiger charge is 2.13. The Bertz CT molecular complexity index is 663. The van der Waals surface area contributed by atoms with Gasteiger partial charge in [0.2, 0.25) is 0 Å². The molecule has 2 rings (SSSR count). The smallest absolute Gasteiger partial charge is 0.387 e. The van der Waals surface area contributed by atoms with Crippen LogP contribution in [0.3, 0.4) is 0 Å². The number of allylic oxidation sites excluding steroid dienone is 4. The summed E-state index contributed by atoms with van der Waals surface area (Å²) in [6.07, 6.45) is 7.76. The van der Waals surface area contributed by atoms with Gasteiger partial charge in [0.1, 0.15) is 5.75 Å². The molecule has 1 heterocycles. The zero-order valence-electron chi connectivity index (χ0n) is 13.2. The van der Waals surface area contributed by atoms with E-state index in [-0.39, 0.29) is 5.75 Å². The summed E-state index contributed by atoms with van der Waals surface area (Å²) in [5, 5.41) is 3.31. The summed E-state index contributed by atoms with van der Waals surface area (Å²) in [6.45, 7) is 5.63. The normalized spacial score (nSPS) is 15.0. The second-order valence-corrected chi connectivity index (χ2v) is 5.06. The van der Waals surface area contributed by atoms with Crippen molar-refractivity contribution in [2.45, 2.75) is 27.0 Å². The predicted octanol–water partition coefficient (Wildman–Crippen LogP) is 4.53. The van der Waals surface area contributed by atoms with Crippen molar-refractivity contribution in [2.75, 3.05) is 0 Å². The van der Waals surface area contributed by atoms with E-state index in [1.54, 1.807) is 12.1 Å². The molecule has 0 spiro atoms. The van der Waals surface area contributed by atoms with Gasteiger partial charge in [0.15, 0.2) is 0 Å². The van der Waals surface area contributed by atoms with Crippen LogP contribution in [0.1, 0.15) is 19.4 Å². The average molecular weight is 318 g/mol. The second-order valence-electron chi connectivity index (χ2n) is 5.06. The molecule has 0 saturated heterocycles. The molecule has 1 aromatic rings. The molecule has 0 fully saturated rings. The van der Waals surface area contributed by atoms with Crippen LogP contribution in [0.4, 0.5) is 8.78 Å². The minimum absolute atomic E-state index is 0.160. The van der Waals surface area contributed by atoms with Crippen LogP contribution in [-0.4, -0.2) is 11.5 Å². The van der Waals surface area contributed by atoms with E-state index in [2.05, 4.69) is 16.6 Å². The Morgan fingerprint density at radius 1 is 1.35 bits per heavy atom. The Kier molecular flexibility index (Phi) is 5.57. The molecule has 0 unspecified atom stereocenters. The number of alkyl halides is 2. The minimum atomic E-state index is -2.81. The summed E-state index contributed by atoms with van der Waals surface area (Å²) >= 11 is 0. The number of hydrogen-bond acceptors (Lipinski definition) is 3. The lowest BCUT2D eigenvalue weighted by atomic mass is 10.1. The number of hydrogen-bond donors (Lipinski definition) is 1. The third kappa shape index (κ3) is 4.45. The summed E-state index contributed by atoms with van der Waals surface area (Å²) in [5.74, 6) is 0.160. The number of nitrogens with zero attached hydrogens (tertiary/aromatic N) is 1. The predicted molar refractivity (Wildman–Crippen MR) is 87.5 cm³/mol. The van der Waals surface area contributed by atoms with Gasteiger partial charge in [-0.05, 0) is 43.7 Å². The van der Waals surface area contributed by atoms with E-state index >= 15 is 0 Å². The van der Waals surface area contributed by atoms with Gasteiger partial charge in [-0.25, -0.2) is 0 Å². The van der Waals surface area contributed by atoms with Gasteiger partial charge in [0.25, 0.3) is 0 Å². The SMILES string of the molecule is C=C1C=CC(NCc2cccc(OC(F)F)c2)=C(C)N1/C=C\C. The third-order valence-corrected chi connectivity index (χ3v) is 3.41. The first kappa shape index (κ1) is 16.8. The standard InChI is InChI=1S/C18H20F2N2O/c1-4-10-22-13(2)8-9-17(14(22)3)21-12-15-6-5-7-16(11-15)23-18(19)20/h4-11,18,21H,2,12H2,1,3H3/b10-4-. The van der Waals surface area contributed by atoms with Crippen LogP contribution >= 0.6 is 0 Å². The lowest BCUT2D eigenvalue weighted by Crippen LogP contribution is -2.23. The van der Waals surface area contributed by atoms with Gasteiger partial charge in [-0.15, -0.1) is 0 Å². The molecular weight excluding hydrogens is 298 g/mol. The van der Waals surface area contributed by atoms with Gasteiger partial charge >= 0.3 is 6.61 Å². The molecule has 3 nitrogen and oxygen atoms in total. The van der Waals surface area contributed by atoms with Crippen LogP contribution in [0.2, 0.25) is 0 Å². The molecule has 5 heteroatoms. The van der Waals surface area contributed by atoms with E-state index in [0.29, 0.717) is 6.54 Å². The Balaban J connectivity index is 2.08. The van der Waals surface area contributed by atoms with E-state index in [4.69, 9.17) is 0 Å². The molecule has 0 aromatic heterocycles. The Labute approximate surface area is 135 Å². The molecule has 1 aromatic carbocycles. The highest BCUT2D eigenvalue weighted by Crippen LogP contribution is 2.22. The Hall–Kier alpha value is -2.56. The zero-order valence-corrected chi connectivity index (χ0v) is 13.2. The first-order chi connectivity index (χ1) is 11.0. The molecule has 0 aliphatic carbocycles. The molecule has 0 radical (unpaired) electrons. The summed E-state index contributed by atoms with van der Waals surface area (Å²) in [4.78, 5) is 1.98. The van der Waals surface area contributed by atoms with Crippen LogP contribution in [0.15, 0.2) is 72.4 Å². The van der Waals surface area contributed by atoms with Crippen molar-refractivity contribution in [2.24, 2.45) is 0 Å². The van der Waals surface area contributed by atoms with Crippen molar-refractivity contribution in [3.63, 3.8) is 0 Å². The maximum atomic E-state index is 12.3. The van der Waals surface area contributed by atoms with Gasteiger partial charge in [0, 0.05) is 24.1 Å². The number of ether oxygens (including phenoxy) is 1. The first-order valence-corrected chi connectivity index (χ1v) is 7.29. The van der Waals surface area contributed by atoms with Crippen molar-refractivity contribution in [1.82, 2.24) is 10.2 Å². The minimum Gasteiger partial charge on any atom is -0.435 e. The lowest BCUT2D eigenvalue weighted by Gasteiger charge is -2.27. The van der Waals surface area contributed by atoms with Crippen LogP contribution in [-0.2, 0) is 6.54 Å². The summed E-state index contributed by atoms with van der Waals surface area (Å²) in [7, 11) is 0.